The molecule has 9 heteroatoms. The number of benzene rings is 4. The van der Waals surface area contributed by atoms with Crippen molar-refractivity contribution in [2.45, 2.75) is 11.5 Å². The van der Waals surface area contributed by atoms with Gasteiger partial charge in [-0.2, -0.15) is 0 Å². The number of methoxy groups -OCH3 is 2. The van der Waals surface area contributed by atoms with Crippen molar-refractivity contribution < 1.29 is 19.1 Å². The van der Waals surface area contributed by atoms with Gasteiger partial charge in [0.25, 0.3) is 0 Å². The molecule has 1 atom stereocenters. The smallest absolute Gasteiger partial charge is 0.355 e. The summed E-state index contributed by atoms with van der Waals surface area (Å²) in [5.74, 6) is -1.34. The van der Waals surface area contributed by atoms with Crippen LogP contribution in [0, 0.1) is 0 Å². The maximum atomic E-state index is 14.1. The van der Waals surface area contributed by atoms with E-state index in [2.05, 4.69) is 6.08 Å². The Morgan fingerprint density at radius 1 is 0.733 bits per heavy atom. The van der Waals surface area contributed by atoms with Gasteiger partial charge in [0.2, 0.25) is 0 Å². The fourth-order valence-corrected chi connectivity index (χ4v) is 7.59. The third-order valence-electron chi connectivity index (χ3n) is 8.68. The number of anilines is 1. The van der Waals surface area contributed by atoms with E-state index in [1.165, 1.54) is 14.2 Å². The van der Waals surface area contributed by atoms with E-state index in [0.717, 1.165) is 44.6 Å². The van der Waals surface area contributed by atoms with Gasteiger partial charge in [0.05, 0.1) is 41.3 Å². The molecule has 7 rings (SSSR count). The molecule has 45 heavy (non-hydrogen) atoms. The number of halogens is 4. The van der Waals surface area contributed by atoms with Crippen LogP contribution in [0.1, 0.15) is 22.3 Å². The van der Waals surface area contributed by atoms with Crippen molar-refractivity contribution in [1.29, 1.82) is 0 Å². The molecule has 3 aliphatic rings. The molecule has 0 radical (unpaired) electrons. The standard InChI is InChI=1S/C36H23Cl4NO4/c1-44-34(42)32-33(35(43)45-2)41-30-6-4-3-5-23(30)20(9-7-19-8-14-28(39)29(40)15-19)16-31(41)36(32)26-17-21(37)10-12-24(26)25-13-11-22(38)18-27(25)36/h3-18,31H,1-2H3/b9-7+. The van der Waals surface area contributed by atoms with E-state index in [1.54, 1.807) is 12.1 Å². The van der Waals surface area contributed by atoms with Crippen LogP contribution in [-0.4, -0.2) is 32.2 Å². The predicted molar refractivity (Wildman–Crippen MR) is 180 cm³/mol. The molecular formula is C36H23Cl4NO4. The highest BCUT2D eigenvalue weighted by Gasteiger charge is 2.63. The van der Waals surface area contributed by atoms with E-state index in [0.29, 0.717) is 20.1 Å². The number of allylic oxidation sites excluding steroid dienone is 2. The van der Waals surface area contributed by atoms with E-state index in [-0.39, 0.29) is 11.3 Å². The Bertz CT molecular complexity index is 2000. The molecule has 0 bridgehead atoms. The average Bonchev–Trinajstić information content (AvgIpc) is 3.50. The van der Waals surface area contributed by atoms with Crippen molar-refractivity contribution in [3.8, 4) is 11.1 Å². The number of hydrogen-bond acceptors (Lipinski definition) is 5. The highest BCUT2D eigenvalue weighted by atomic mass is 35.5. The average molecular weight is 675 g/mol. The Morgan fingerprint density at radius 3 is 2.00 bits per heavy atom. The molecule has 0 saturated heterocycles. The first kappa shape index (κ1) is 29.7. The molecule has 1 aliphatic carbocycles. The summed E-state index contributed by atoms with van der Waals surface area (Å²) < 4.78 is 10.8. The van der Waals surface area contributed by atoms with E-state index >= 15 is 0 Å². The predicted octanol–water partition coefficient (Wildman–Crippen LogP) is 9.17. The van der Waals surface area contributed by atoms with Gasteiger partial charge in [0, 0.05) is 21.3 Å². The lowest BCUT2D eigenvalue weighted by Crippen LogP contribution is -2.46. The van der Waals surface area contributed by atoms with Crippen molar-refractivity contribution in [1.82, 2.24) is 0 Å². The monoisotopic (exact) mass is 673 g/mol. The molecule has 224 valence electrons. The minimum absolute atomic E-state index is 0.0873. The summed E-state index contributed by atoms with van der Waals surface area (Å²) in [5, 5.41) is 1.87. The van der Waals surface area contributed by atoms with Crippen molar-refractivity contribution >= 4 is 75.7 Å². The quantitative estimate of drug-likeness (QED) is 0.202. The van der Waals surface area contributed by atoms with Crippen molar-refractivity contribution in [2.24, 2.45) is 0 Å². The molecule has 0 amide bonds. The zero-order valence-electron chi connectivity index (χ0n) is 23.9. The van der Waals surface area contributed by atoms with Gasteiger partial charge < -0.3 is 14.4 Å². The number of para-hydroxylation sites is 1. The third kappa shape index (κ3) is 4.37. The second-order valence-electron chi connectivity index (χ2n) is 10.9. The van der Waals surface area contributed by atoms with Crippen LogP contribution in [0.5, 0.6) is 0 Å². The summed E-state index contributed by atoms with van der Waals surface area (Å²) in [4.78, 5) is 29.8. The molecule has 2 aliphatic heterocycles. The van der Waals surface area contributed by atoms with Crippen molar-refractivity contribution in [3.05, 3.63) is 145 Å². The Hall–Kier alpha value is -4.00. The number of esters is 2. The molecule has 1 unspecified atom stereocenters. The minimum atomic E-state index is -1.24. The SMILES string of the molecule is COC(=O)C1=C(C(=O)OC)C2(c3cc(Cl)ccc3-c3ccc(Cl)cc32)C2C=C(/C=C/c3ccc(Cl)c(Cl)c3)c3ccccc3N12. The van der Waals surface area contributed by atoms with Crippen LogP contribution in [0.2, 0.25) is 20.1 Å². The van der Waals surface area contributed by atoms with E-state index in [9.17, 15) is 9.59 Å². The number of carbonyl (C=O) groups excluding carboxylic acids is 2. The Kier molecular flexibility index (Phi) is 7.33. The van der Waals surface area contributed by atoms with Crippen LogP contribution >= 0.6 is 46.4 Å². The number of rotatable bonds is 4. The summed E-state index contributed by atoms with van der Waals surface area (Å²) in [5.41, 5.74) is 5.54. The Morgan fingerprint density at radius 2 is 1.38 bits per heavy atom. The summed E-state index contributed by atoms with van der Waals surface area (Å²) in [6, 6.07) is 23.7. The van der Waals surface area contributed by atoms with Gasteiger partial charge in [0.15, 0.2) is 0 Å². The van der Waals surface area contributed by atoms with Gasteiger partial charge in [-0.05, 0) is 75.9 Å². The number of nitrogens with zero attached hydrogens (tertiary/aromatic N) is 1. The largest absolute Gasteiger partial charge is 0.466 e. The molecule has 4 aromatic rings. The summed E-state index contributed by atoms with van der Waals surface area (Å²) in [7, 11) is 2.60. The molecule has 5 nitrogen and oxygen atoms in total. The first-order valence-electron chi connectivity index (χ1n) is 14.0. The summed E-state index contributed by atoms with van der Waals surface area (Å²) >= 11 is 25.8. The van der Waals surface area contributed by atoms with Crippen LogP contribution < -0.4 is 4.90 Å². The number of ether oxygens (including phenoxy) is 2. The van der Waals surface area contributed by atoms with Gasteiger partial charge >= 0.3 is 11.9 Å². The van der Waals surface area contributed by atoms with Gasteiger partial charge in [-0.1, -0.05) is 101 Å². The second-order valence-corrected chi connectivity index (χ2v) is 12.5. The fraction of sp³-hybridized carbons (Fsp3) is 0.111. The fourth-order valence-electron chi connectivity index (χ4n) is 6.94. The highest BCUT2D eigenvalue weighted by molar-refractivity contribution is 6.42. The van der Waals surface area contributed by atoms with Gasteiger partial charge in [-0.15, -0.1) is 0 Å². The zero-order valence-corrected chi connectivity index (χ0v) is 26.9. The summed E-state index contributed by atoms with van der Waals surface area (Å²) in [6.45, 7) is 0. The second kappa shape index (κ2) is 11.1. The third-order valence-corrected chi connectivity index (χ3v) is 9.89. The lowest BCUT2D eigenvalue weighted by Gasteiger charge is -2.41. The topological polar surface area (TPSA) is 55.8 Å². The molecule has 2 heterocycles. The van der Waals surface area contributed by atoms with Crippen LogP contribution in [0.25, 0.3) is 22.8 Å². The lowest BCUT2D eigenvalue weighted by molar-refractivity contribution is -0.139. The van der Waals surface area contributed by atoms with Gasteiger partial charge in [-0.25, -0.2) is 9.59 Å². The number of hydrogen-bond donors (Lipinski definition) is 0. The normalized spacial score (nSPS) is 17.2. The Labute approximate surface area is 279 Å². The molecule has 4 aromatic carbocycles. The maximum absolute atomic E-state index is 14.1. The van der Waals surface area contributed by atoms with E-state index in [4.69, 9.17) is 55.9 Å². The van der Waals surface area contributed by atoms with Crippen LogP contribution in [0.3, 0.4) is 0 Å². The molecule has 0 N–H and O–H groups in total. The Balaban J connectivity index is 1.59. The maximum Gasteiger partial charge on any atom is 0.355 e. The molecular weight excluding hydrogens is 652 g/mol. The van der Waals surface area contributed by atoms with E-state index < -0.39 is 23.4 Å². The molecule has 1 spiro atoms. The number of carbonyl (C=O) groups is 2. The first-order chi connectivity index (χ1) is 21.7. The first-order valence-corrected chi connectivity index (χ1v) is 15.5. The van der Waals surface area contributed by atoms with E-state index in [1.807, 2.05) is 83.8 Å². The summed E-state index contributed by atoms with van der Waals surface area (Å²) in [6.07, 6.45) is 6.00. The van der Waals surface area contributed by atoms with Gasteiger partial charge in [-0.3, -0.25) is 0 Å². The van der Waals surface area contributed by atoms with Crippen LogP contribution in [0.15, 0.2) is 102 Å². The zero-order chi connectivity index (χ0) is 31.6. The van der Waals surface area contributed by atoms with Crippen LogP contribution in [-0.2, 0) is 24.5 Å². The van der Waals surface area contributed by atoms with Gasteiger partial charge in [0.1, 0.15) is 5.70 Å². The molecule has 0 saturated carbocycles. The van der Waals surface area contributed by atoms with Crippen molar-refractivity contribution in [3.63, 3.8) is 0 Å². The molecule has 0 aromatic heterocycles. The van der Waals surface area contributed by atoms with Crippen LogP contribution in [0.4, 0.5) is 5.69 Å². The lowest BCUT2D eigenvalue weighted by atomic mass is 9.67. The molecule has 0 fully saturated rings. The van der Waals surface area contributed by atoms with Crippen molar-refractivity contribution in [2.75, 3.05) is 19.1 Å². The highest BCUT2D eigenvalue weighted by Crippen LogP contribution is 2.63. The minimum Gasteiger partial charge on any atom is -0.466 e. The number of fused-ring (bicyclic) bond motifs is 9.